The molecule has 0 atom stereocenters. The lowest BCUT2D eigenvalue weighted by molar-refractivity contribution is 0.240. The number of allylic oxidation sites excluding steroid dienone is 1. The van der Waals surface area contributed by atoms with Crippen LogP contribution in [0.1, 0.15) is 49.2 Å². The topological polar surface area (TPSA) is 54.3 Å². The summed E-state index contributed by atoms with van der Waals surface area (Å²) in [5.41, 5.74) is 2.52. The van der Waals surface area contributed by atoms with Gasteiger partial charge < -0.3 is 15.1 Å². The van der Waals surface area contributed by atoms with Crippen LogP contribution in [0.5, 0.6) is 0 Å². The van der Waals surface area contributed by atoms with Gasteiger partial charge in [0.25, 0.3) is 0 Å². The Morgan fingerprint density at radius 1 is 1.30 bits per heavy atom. The van der Waals surface area contributed by atoms with Crippen LogP contribution in [-0.2, 0) is 6.54 Å². The van der Waals surface area contributed by atoms with Crippen molar-refractivity contribution in [2.75, 3.05) is 6.54 Å². The highest BCUT2D eigenvalue weighted by Crippen LogP contribution is 2.19. The number of amides is 2. The van der Waals surface area contributed by atoms with Gasteiger partial charge in [0.05, 0.1) is 0 Å². The third-order valence-electron chi connectivity index (χ3n) is 3.70. The molecular formula is C16H24N2O2. The molecule has 2 rings (SSSR count). The number of furan rings is 1. The molecular weight excluding hydrogens is 252 g/mol. The average molecular weight is 276 g/mol. The number of hydrogen-bond donors (Lipinski definition) is 2. The van der Waals surface area contributed by atoms with Crippen LogP contribution in [0.2, 0.25) is 0 Å². The average Bonchev–Trinajstić information content (AvgIpc) is 2.76. The minimum Gasteiger partial charge on any atom is -0.466 e. The Labute approximate surface area is 120 Å². The Kier molecular flexibility index (Phi) is 5.27. The number of nitrogens with one attached hydrogen (secondary N) is 2. The van der Waals surface area contributed by atoms with Gasteiger partial charge in [0, 0.05) is 18.7 Å². The number of urea groups is 1. The maximum atomic E-state index is 11.7. The van der Waals surface area contributed by atoms with E-state index in [9.17, 15) is 4.79 Å². The van der Waals surface area contributed by atoms with Gasteiger partial charge in [-0.05, 0) is 52.0 Å². The second kappa shape index (κ2) is 7.17. The highest BCUT2D eigenvalue weighted by molar-refractivity contribution is 5.73. The summed E-state index contributed by atoms with van der Waals surface area (Å²) in [5, 5.41) is 5.77. The number of aryl methyl sites for hydroxylation is 2. The second-order valence-electron chi connectivity index (χ2n) is 5.41. The first-order chi connectivity index (χ1) is 9.65. The van der Waals surface area contributed by atoms with E-state index in [2.05, 4.69) is 16.7 Å². The predicted octanol–water partition coefficient (Wildman–Crippen LogP) is 3.59. The third kappa shape index (κ3) is 4.44. The van der Waals surface area contributed by atoms with Crippen molar-refractivity contribution in [1.29, 1.82) is 0 Å². The van der Waals surface area contributed by atoms with Crippen LogP contribution in [0.15, 0.2) is 22.1 Å². The van der Waals surface area contributed by atoms with Crippen molar-refractivity contribution in [1.82, 2.24) is 10.6 Å². The first kappa shape index (κ1) is 14.7. The van der Waals surface area contributed by atoms with E-state index in [4.69, 9.17) is 4.42 Å². The summed E-state index contributed by atoms with van der Waals surface area (Å²) in [7, 11) is 0. The Bertz CT molecular complexity index is 489. The summed E-state index contributed by atoms with van der Waals surface area (Å²) < 4.78 is 5.43. The Morgan fingerprint density at radius 3 is 2.80 bits per heavy atom. The fraction of sp³-hybridized carbons (Fsp3) is 0.562. The molecule has 0 aromatic carbocycles. The molecule has 0 radical (unpaired) electrons. The smallest absolute Gasteiger partial charge is 0.315 e. The van der Waals surface area contributed by atoms with Gasteiger partial charge in [-0.15, -0.1) is 0 Å². The van der Waals surface area contributed by atoms with Crippen molar-refractivity contribution < 1.29 is 9.21 Å². The minimum atomic E-state index is -0.111. The molecule has 0 saturated carbocycles. The van der Waals surface area contributed by atoms with Crippen LogP contribution >= 0.6 is 0 Å². The molecule has 1 aliphatic rings. The van der Waals surface area contributed by atoms with Crippen LogP contribution in [0.3, 0.4) is 0 Å². The fourth-order valence-corrected chi connectivity index (χ4v) is 2.57. The maximum absolute atomic E-state index is 11.7. The monoisotopic (exact) mass is 276 g/mol. The molecule has 4 heteroatoms. The SMILES string of the molecule is Cc1cc(CNC(=O)NCCC2=CCCCC2)c(C)o1. The molecule has 110 valence electrons. The quantitative estimate of drug-likeness (QED) is 0.808. The molecule has 0 fully saturated rings. The Hall–Kier alpha value is -1.71. The molecule has 1 aromatic heterocycles. The van der Waals surface area contributed by atoms with Crippen LogP contribution < -0.4 is 10.6 Å². The standard InChI is InChI=1S/C16H24N2O2/c1-12-10-15(13(2)20-12)11-18-16(19)17-9-8-14-6-4-3-5-7-14/h6,10H,3-5,7-9,11H2,1-2H3,(H2,17,18,19). The van der Waals surface area contributed by atoms with Gasteiger partial charge in [-0.3, -0.25) is 0 Å². The van der Waals surface area contributed by atoms with Crippen molar-refractivity contribution >= 4 is 6.03 Å². The third-order valence-corrected chi connectivity index (χ3v) is 3.70. The molecule has 1 heterocycles. The fourth-order valence-electron chi connectivity index (χ4n) is 2.57. The summed E-state index contributed by atoms with van der Waals surface area (Å²) in [5.74, 6) is 1.75. The van der Waals surface area contributed by atoms with E-state index >= 15 is 0 Å². The number of hydrogen-bond acceptors (Lipinski definition) is 2. The lowest BCUT2D eigenvalue weighted by Gasteiger charge is -2.13. The Morgan fingerprint density at radius 2 is 2.15 bits per heavy atom. The van der Waals surface area contributed by atoms with E-state index in [-0.39, 0.29) is 6.03 Å². The predicted molar refractivity (Wildman–Crippen MR) is 79.6 cm³/mol. The molecule has 1 aromatic rings. The van der Waals surface area contributed by atoms with E-state index < -0.39 is 0 Å². The lowest BCUT2D eigenvalue weighted by Crippen LogP contribution is -2.35. The van der Waals surface area contributed by atoms with Crippen LogP contribution in [0.4, 0.5) is 4.79 Å². The van der Waals surface area contributed by atoms with Crippen molar-refractivity contribution in [3.8, 4) is 0 Å². The highest BCUT2D eigenvalue weighted by Gasteiger charge is 2.07. The van der Waals surface area contributed by atoms with Crippen molar-refractivity contribution in [2.24, 2.45) is 0 Å². The van der Waals surface area contributed by atoms with Gasteiger partial charge in [-0.25, -0.2) is 4.79 Å². The van der Waals surface area contributed by atoms with Crippen molar-refractivity contribution in [3.05, 3.63) is 34.8 Å². The van der Waals surface area contributed by atoms with E-state index in [0.717, 1.165) is 23.5 Å². The van der Waals surface area contributed by atoms with E-state index in [1.54, 1.807) is 0 Å². The first-order valence-corrected chi connectivity index (χ1v) is 7.40. The van der Waals surface area contributed by atoms with Gasteiger partial charge >= 0.3 is 6.03 Å². The van der Waals surface area contributed by atoms with Gasteiger partial charge in [-0.1, -0.05) is 11.6 Å². The molecule has 2 N–H and O–H groups in total. The van der Waals surface area contributed by atoms with Gasteiger partial charge in [0.1, 0.15) is 11.5 Å². The van der Waals surface area contributed by atoms with Crippen LogP contribution in [0.25, 0.3) is 0 Å². The molecule has 20 heavy (non-hydrogen) atoms. The van der Waals surface area contributed by atoms with Gasteiger partial charge in [-0.2, -0.15) is 0 Å². The summed E-state index contributed by atoms with van der Waals surface area (Å²) in [4.78, 5) is 11.7. The summed E-state index contributed by atoms with van der Waals surface area (Å²) in [6.45, 7) is 5.05. The summed E-state index contributed by atoms with van der Waals surface area (Å²) in [6.07, 6.45) is 8.27. The second-order valence-corrected chi connectivity index (χ2v) is 5.41. The zero-order chi connectivity index (χ0) is 14.4. The zero-order valence-electron chi connectivity index (χ0n) is 12.4. The van der Waals surface area contributed by atoms with Gasteiger partial charge in [0.15, 0.2) is 0 Å². The highest BCUT2D eigenvalue weighted by atomic mass is 16.3. The van der Waals surface area contributed by atoms with E-state index in [1.165, 1.54) is 31.3 Å². The minimum absolute atomic E-state index is 0.111. The maximum Gasteiger partial charge on any atom is 0.315 e. The molecule has 0 saturated heterocycles. The van der Waals surface area contributed by atoms with Crippen molar-refractivity contribution in [3.63, 3.8) is 0 Å². The molecule has 4 nitrogen and oxygen atoms in total. The largest absolute Gasteiger partial charge is 0.466 e. The number of carbonyl (C=O) groups excluding carboxylic acids is 1. The molecule has 0 spiro atoms. The van der Waals surface area contributed by atoms with Gasteiger partial charge in [0.2, 0.25) is 0 Å². The van der Waals surface area contributed by atoms with Crippen LogP contribution in [-0.4, -0.2) is 12.6 Å². The number of carbonyl (C=O) groups is 1. The Balaban J connectivity index is 1.65. The molecule has 0 bridgehead atoms. The lowest BCUT2D eigenvalue weighted by atomic mass is 9.97. The van der Waals surface area contributed by atoms with E-state index in [0.29, 0.717) is 13.1 Å². The first-order valence-electron chi connectivity index (χ1n) is 7.40. The molecule has 0 aliphatic heterocycles. The summed E-state index contributed by atoms with van der Waals surface area (Å²) in [6, 6.07) is 1.85. The normalized spacial score (nSPS) is 14.8. The molecule has 0 unspecified atom stereocenters. The summed E-state index contributed by atoms with van der Waals surface area (Å²) >= 11 is 0. The zero-order valence-corrected chi connectivity index (χ0v) is 12.4. The number of rotatable bonds is 5. The van der Waals surface area contributed by atoms with Crippen LogP contribution in [0, 0.1) is 13.8 Å². The van der Waals surface area contributed by atoms with Crippen molar-refractivity contribution in [2.45, 2.75) is 52.5 Å². The molecule has 1 aliphatic carbocycles. The van der Waals surface area contributed by atoms with E-state index in [1.807, 2.05) is 19.9 Å². The molecule has 2 amide bonds.